The van der Waals surface area contributed by atoms with Gasteiger partial charge in [-0.05, 0) is 25.8 Å². The Morgan fingerprint density at radius 3 is 2.52 bits per heavy atom. The van der Waals surface area contributed by atoms with Crippen molar-refractivity contribution in [2.24, 2.45) is 11.3 Å². The van der Waals surface area contributed by atoms with E-state index in [9.17, 15) is 14.7 Å². The number of carboxylic acid groups (broad SMARTS) is 1. The molecule has 8 heteroatoms. The average molecular weight is 373 g/mol. The highest BCUT2D eigenvalue weighted by atomic mass is 16.4. The molecule has 3 aliphatic rings. The molecular weight excluding hydrogens is 346 g/mol. The fourth-order valence-electron chi connectivity index (χ4n) is 4.58. The summed E-state index contributed by atoms with van der Waals surface area (Å²) in [5.41, 5.74) is 1.05. The van der Waals surface area contributed by atoms with Gasteiger partial charge in [-0.25, -0.2) is 14.8 Å². The second-order valence-corrected chi connectivity index (χ2v) is 8.46. The molecule has 1 aliphatic carbocycles. The molecule has 3 fully saturated rings. The molecule has 3 heterocycles. The summed E-state index contributed by atoms with van der Waals surface area (Å²) in [4.78, 5) is 39.0. The summed E-state index contributed by atoms with van der Waals surface area (Å²) in [6, 6.07) is 1.92. The Morgan fingerprint density at radius 2 is 1.96 bits per heavy atom. The van der Waals surface area contributed by atoms with Crippen LogP contribution in [0.5, 0.6) is 0 Å². The number of aromatic nitrogens is 2. The predicted molar refractivity (Wildman–Crippen MR) is 99.8 cm³/mol. The minimum Gasteiger partial charge on any atom is -0.481 e. The number of likely N-dealkylation sites (tertiary alicyclic amines) is 1. The molecule has 2 atom stereocenters. The first-order chi connectivity index (χ1) is 12.8. The van der Waals surface area contributed by atoms with Crippen LogP contribution in [0, 0.1) is 18.3 Å². The van der Waals surface area contributed by atoms with E-state index in [0.29, 0.717) is 31.5 Å². The van der Waals surface area contributed by atoms with Gasteiger partial charge in [0.05, 0.1) is 0 Å². The summed E-state index contributed by atoms with van der Waals surface area (Å²) in [5, 5.41) is 10.0. The van der Waals surface area contributed by atoms with Crippen LogP contribution in [0.15, 0.2) is 6.07 Å². The smallest absolute Gasteiger partial charge is 0.319 e. The third kappa shape index (κ3) is 2.91. The molecule has 2 amide bonds. The Bertz CT molecular complexity index is 779. The molecule has 2 saturated heterocycles. The van der Waals surface area contributed by atoms with Crippen molar-refractivity contribution in [3.63, 3.8) is 0 Å². The maximum Gasteiger partial charge on any atom is 0.319 e. The molecule has 4 rings (SSSR count). The molecular formula is C19H27N5O3. The van der Waals surface area contributed by atoms with Gasteiger partial charge < -0.3 is 19.8 Å². The second kappa shape index (κ2) is 6.35. The zero-order valence-corrected chi connectivity index (χ0v) is 16.2. The van der Waals surface area contributed by atoms with Gasteiger partial charge >= 0.3 is 12.0 Å². The number of nitrogens with zero attached hydrogens (tertiary/aromatic N) is 5. The number of carbonyl (C=O) groups is 2. The summed E-state index contributed by atoms with van der Waals surface area (Å²) in [7, 11) is 3.39. The highest BCUT2D eigenvalue weighted by molar-refractivity contribution is 5.81. The second-order valence-electron chi connectivity index (χ2n) is 8.46. The van der Waals surface area contributed by atoms with Crippen molar-refractivity contribution in [1.82, 2.24) is 19.8 Å². The Balaban J connectivity index is 1.58. The van der Waals surface area contributed by atoms with Crippen molar-refractivity contribution in [3.8, 4) is 0 Å². The first kappa shape index (κ1) is 18.0. The molecule has 1 aromatic rings. The average Bonchev–Trinajstić information content (AvgIpc) is 3.07. The van der Waals surface area contributed by atoms with Gasteiger partial charge in [0.2, 0.25) is 5.95 Å². The number of rotatable bonds is 3. The highest BCUT2D eigenvalue weighted by Gasteiger charge is 2.59. The summed E-state index contributed by atoms with van der Waals surface area (Å²) in [6.45, 7) is 3.58. The Morgan fingerprint density at radius 1 is 1.22 bits per heavy atom. The van der Waals surface area contributed by atoms with E-state index in [0.717, 1.165) is 11.4 Å². The number of aryl methyl sites for hydroxylation is 1. The van der Waals surface area contributed by atoms with Gasteiger partial charge in [0, 0.05) is 63.5 Å². The maximum absolute atomic E-state index is 12.3. The molecule has 1 N–H and O–H groups in total. The topological polar surface area (TPSA) is 89.9 Å². The van der Waals surface area contributed by atoms with Gasteiger partial charge in [0.1, 0.15) is 5.41 Å². The zero-order chi connectivity index (χ0) is 19.3. The lowest BCUT2D eigenvalue weighted by atomic mass is 9.81. The summed E-state index contributed by atoms with van der Waals surface area (Å²) >= 11 is 0. The summed E-state index contributed by atoms with van der Waals surface area (Å²) < 4.78 is 0. The van der Waals surface area contributed by atoms with E-state index in [-0.39, 0.29) is 18.5 Å². The maximum atomic E-state index is 12.3. The van der Waals surface area contributed by atoms with E-state index in [4.69, 9.17) is 4.98 Å². The first-order valence-corrected chi connectivity index (χ1v) is 9.60. The third-order valence-electron chi connectivity index (χ3n) is 6.36. The van der Waals surface area contributed by atoms with Crippen LogP contribution in [-0.4, -0.2) is 77.1 Å². The van der Waals surface area contributed by atoms with Crippen LogP contribution in [0.3, 0.4) is 0 Å². The molecule has 0 aromatic carbocycles. The molecule has 1 aromatic heterocycles. The van der Waals surface area contributed by atoms with E-state index in [1.54, 1.807) is 19.0 Å². The molecule has 8 nitrogen and oxygen atoms in total. The molecule has 27 heavy (non-hydrogen) atoms. The van der Waals surface area contributed by atoms with Crippen LogP contribution in [-0.2, 0) is 4.79 Å². The van der Waals surface area contributed by atoms with E-state index in [1.165, 1.54) is 24.2 Å². The Kier molecular flexibility index (Phi) is 4.24. The fraction of sp³-hybridized carbons (Fsp3) is 0.684. The lowest BCUT2D eigenvalue weighted by Gasteiger charge is -2.28. The van der Waals surface area contributed by atoms with Gasteiger partial charge in [-0.1, -0.05) is 6.42 Å². The van der Waals surface area contributed by atoms with Crippen molar-refractivity contribution >= 4 is 17.9 Å². The number of hydrogen-bond donors (Lipinski definition) is 1. The predicted octanol–water partition coefficient (Wildman–Crippen LogP) is 1.56. The SMILES string of the molecule is Cc1cc(C2CCC2)nc(N2C[C@@H]3CN(C(=O)N(C)C)C[C@]3(C(=O)O)C2)n1. The van der Waals surface area contributed by atoms with E-state index in [1.807, 2.05) is 11.8 Å². The minimum absolute atomic E-state index is 0.116. The van der Waals surface area contributed by atoms with Gasteiger partial charge in [0.15, 0.2) is 0 Å². The van der Waals surface area contributed by atoms with E-state index < -0.39 is 11.4 Å². The number of carboxylic acids is 1. The number of amides is 2. The van der Waals surface area contributed by atoms with Crippen LogP contribution in [0.4, 0.5) is 10.7 Å². The van der Waals surface area contributed by atoms with Gasteiger partial charge in [0.25, 0.3) is 0 Å². The number of aliphatic carboxylic acids is 1. The zero-order valence-electron chi connectivity index (χ0n) is 16.2. The number of anilines is 1. The Hall–Kier alpha value is -2.38. The minimum atomic E-state index is -0.949. The van der Waals surface area contributed by atoms with Crippen LogP contribution >= 0.6 is 0 Å². The molecule has 1 saturated carbocycles. The van der Waals surface area contributed by atoms with Crippen LogP contribution in [0.25, 0.3) is 0 Å². The van der Waals surface area contributed by atoms with Crippen LogP contribution in [0.2, 0.25) is 0 Å². The molecule has 0 spiro atoms. The Labute approximate surface area is 159 Å². The van der Waals surface area contributed by atoms with Gasteiger partial charge in [-0.2, -0.15) is 0 Å². The van der Waals surface area contributed by atoms with Crippen molar-refractivity contribution in [2.45, 2.75) is 32.1 Å². The number of hydrogen-bond acceptors (Lipinski definition) is 5. The summed E-state index contributed by atoms with van der Waals surface area (Å²) in [5.74, 6) is 0.192. The van der Waals surface area contributed by atoms with Crippen molar-refractivity contribution in [1.29, 1.82) is 0 Å². The van der Waals surface area contributed by atoms with Crippen molar-refractivity contribution in [2.75, 3.05) is 45.2 Å². The number of urea groups is 1. The number of fused-ring (bicyclic) bond motifs is 1. The molecule has 146 valence electrons. The monoisotopic (exact) mass is 373 g/mol. The molecule has 0 unspecified atom stereocenters. The van der Waals surface area contributed by atoms with Gasteiger partial charge in [-0.15, -0.1) is 0 Å². The number of carbonyl (C=O) groups excluding carboxylic acids is 1. The van der Waals surface area contributed by atoms with E-state index >= 15 is 0 Å². The first-order valence-electron chi connectivity index (χ1n) is 9.60. The van der Waals surface area contributed by atoms with Crippen molar-refractivity contribution < 1.29 is 14.7 Å². The largest absolute Gasteiger partial charge is 0.481 e. The van der Waals surface area contributed by atoms with E-state index in [2.05, 4.69) is 11.1 Å². The van der Waals surface area contributed by atoms with Crippen LogP contribution < -0.4 is 4.90 Å². The lowest BCUT2D eigenvalue weighted by Crippen LogP contribution is -2.44. The third-order valence-corrected chi connectivity index (χ3v) is 6.36. The summed E-state index contributed by atoms with van der Waals surface area (Å²) in [6.07, 6.45) is 3.57. The standard InChI is InChI=1S/C19H27N5O3/c1-12-7-15(13-5-4-6-13)21-17(20-12)23-8-14-9-24(18(27)22(2)3)11-19(14,10-23)16(25)26/h7,13-14H,4-6,8-11H2,1-3H3,(H,25,26)/t14-,19-/m1/s1. The normalized spacial score (nSPS) is 27.4. The highest BCUT2D eigenvalue weighted by Crippen LogP contribution is 2.44. The van der Waals surface area contributed by atoms with Crippen LogP contribution in [0.1, 0.15) is 36.6 Å². The molecule has 0 radical (unpaired) electrons. The lowest BCUT2D eigenvalue weighted by molar-refractivity contribution is -0.148. The molecule has 0 bridgehead atoms. The van der Waals surface area contributed by atoms with Gasteiger partial charge in [-0.3, -0.25) is 4.79 Å². The quantitative estimate of drug-likeness (QED) is 0.865. The fourth-order valence-corrected chi connectivity index (χ4v) is 4.58. The van der Waals surface area contributed by atoms with Crippen molar-refractivity contribution in [3.05, 3.63) is 17.5 Å². The molecule has 2 aliphatic heterocycles.